The van der Waals surface area contributed by atoms with E-state index in [9.17, 15) is 0 Å². The molecular weight excluding hydrogens is 398 g/mol. The number of hydrogen-bond acceptors (Lipinski definition) is 1. The van der Waals surface area contributed by atoms with Crippen molar-refractivity contribution in [3.05, 3.63) is 69.1 Å². The molecule has 0 aliphatic carbocycles. The summed E-state index contributed by atoms with van der Waals surface area (Å²) in [6, 6.07) is 13.2. The molecule has 0 heterocycles. The molecule has 0 amide bonds. The van der Waals surface area contributed by atoms with E-state index < -0.39 is 0 Å². The maximum absolute atomic E-state index is 4.21. The molecule has 0 atom stereocenters. The quantitative estimate of drug-likeness (QED) is 0.340. The molecule has 0 spiro atoms. The van der Waals surface area contributed by atoms with Crippen molar-refractivity contribution in [2.75, 3.05) is 7.05 Å². The third kappa shape index (κ3) is 11.1. The lowest BCUT2D eigenvalue weighted by molar-refractivity contribution is 0.702. The monoisotopic (exact) mass is 451 g/mol. The van der Waals surface area contributed by atoms with Crippen molar-refractivity contribution in [1.29, 1.82) is 0 Å². The van der Waals surface area contributed by atoms with E-state index in [1.807, 2.05) is 27.0 Å². The summed E-state index contributed by atoms with van der Waals surface area (Å²) in [6.07, 6.45) is 12.9. The van der Waals surface area contributed by atoms with Gasteiger partial charge in [-0.05, 0) is 54.2 Å². The Morgan fingerprint density at radius 1 is 0.758 bits per heavy atom. The Labute approximate surface area is 206 Å². The number of aryl methyl sites for hydroxylation is 3. The maximum Gasteiger partial charge on any atom is 0.0493 e. The summed E-state index contributed by atoms with van der Waals surface area (Å²) in [4.78, 5) is 0. The van der Waals surface area contributed by atoms with Gasteiger partial charge >= 0.3 is 0 Å². The molecule has 1 nitrogen and oxygen atoms in total. The van der Waals surface area contributed by atoms with E-state index in [4.69, 9.17) is 0 Å². The zero-order chi connectivity index (χ0) is 25.1. The lowest BCUT2D eigenvalue weighted by Gasteiger charge is -2.17. The lowest BCUT2D eigenvalue weighted by Crippen LogP contribution is -2.30. The van der Waals surface area contributed by atoms with Crippen LogP contribution in [0.4, 0.5) is 0 Å². The van der Waals surface area contributed by atoms with Crippen LogP contribution in [-0.2, 0) is 12.8 Å². The molecule has 0 aromatic heterocycles. The predicted octanol–water partition coefficient (Wildman–Crippen LogP) is 8.08. The fourth-order valence-corrected chi connectivity index (χ4v) is 4.06. The number of nitrogens with one attached hydrogen (secondary N) is 1. The normalized spacial score (nSPS) is 11.0. The van der Waals surface area contributed by atoms with Gasteiger partial charge in [0, 0.05) is 23.5 Å². The van der Waals surface area contributed by atoms with E-state index in [-0.39, 0.29) is 0 Å². The molecule has 0 saturated carbocycles. The molecule has 1 heteroatoms. The maximum atomic E-state index is 4.21. The van der Waals surface area contributed by atoms with E-state index >= 15 is 0 Å². The molecule has 0 aliphatic heterocycles. The average Bonchev–Trinajstić information content (AvgIpc) is 2.83. The first-order chi connectivity index (χ1) is 16.0. The summed E-state index contributed by atoms with van der Waals surface area (Å²) in [5.41, 5.74) is 6.88. The van der Waals surface area contributed by atoms with Crippen LogP contribution in [0, 0.1) is 6.92 Å². The van der Waals surface area contributed by atoms with E-state index in [0.29, 0.717) is 0 Å². The number of rotatable bonds is 11. The smallest absolute Gasteiger partial charge is 0.0493 e. The van der Waals surface area contributed by atoms with Gasteiger partial charge in [-0.2, -0.15) is 0 Å². The third-order valence-electron chi connectivity index (χ3n) is 5.88. The van der Waals surface area contributed by atoms with Crippen LogP contribution in [0.3, 0.4) is 0 Å². The van der Waals surface area contributed by atoms with E-state index in [1.165, 1.54) is 97.4 Å². The van der Waals surface area contributed by atoms with Crippen LogP contribution < -0.4 is 15.8 Å². The van der Waals surface area contributed by atoms with Crippen LogP contribution in [0.15, 0.2) is 36.4 Å². The first-order valence-electron chi connectivity index (χ1n) is 13.6. The highest BCUT2D eigenvalue weighted by molar-refractivity contribution is 5.68. The molecule has 0 radical (unpaired) electrons. The predicted molar refractivity (Wildman–Crippen MR) is 152 cm³/mol. The molecule has 0 unspecified atom stereocenters. The summed E-state index contributed by atoms with van der Waals surface area (Å²) >= 11 is 0. The van der Waals surface area contributed by atoms with Crippen LogP contribution in [0.1, 0.15) is 115 Å². The Kier molecular flexibility index (Phi) is 18.3. The van der Waals surface area contributed by atoms with Crippen molar-refractivity contribution in [1.82, 2.24) is 5.32 Å². The molecule has 33 heavy (non-hydrogen) atoms. The first-order valence-corrected chi connectivity index (χ1v) is 13.6. The van der Waals surface area contributed by atoms with Gasteiger partial charge in [-0.25, -0.2) is 0 Å². The van der Waals surface area contributed by atoms with Gasteiger partial charge in [-0.15, -0.1) is 0 Å². The topological polar surface area (TPSA) is 12.0 Å². The highest BCUT2D eigenvalue weighted by Gasteiger charge is 2.11. The minimum atomic E-state index is 1.07. The lowest BCUT2D eigenvalue weighted by atomic mass is 9.91. The van der Waals surface area contributed by atoms with Crippen molar-refractivity contribution >= 4 is 12.3 Å². The van der Waals surface area contributed by atoms with Gasteiger partial charge in [0.25, 0.3) is 0 Å². The highest BCUT2D eigenvalue weighted by atomic mass is 14.8. The van der Waals surface area contributed by atoms with Crippen molar-refractivity contribution in [3.63, 3.8) is 0 Å². The van der Waals surface area contributed by atoms with Crippen molar-refractivity contribution < 1.29 is 0 Å². The summed E-state index contributed by atoms with van der Waals surface area (Å²) in [5.74, 6) is 0. The molecular formula is C32H53N. The Morgan fingerprint density at radius 2 is 1.30 bits per heavy atom. The molecule has 0 aliphatic rings. The van der Waals surface area contributed by atoms with Crippen LogP contribution in [0.5, 0.6) is 0 Å². The fourth-order valence-electron chi connectivity index (χ4n) is 4.06. The molecule has 1 N–H and O–H groups in total. The van der Waals surface area contributed by atoms with Gasteiger partial charge in [-0.1, -0.05) is 123 Å². The average molecular weight is 452 g/mol. The molecule has 2 rings (SSSR count). The zero-order valence-corrected chi connectivity index (χ0v) is 23.2. The van der Waals surface area contributed by atoms with Crippen molar-refractivity contribution in [2.45, 2.75) is 113 Å². The Balaban J connectivity index is 0.00000111. The molecule has 0 fully saturated rings. The highest BCUT2D eigenvalue weighted by Crippen LogP contribution is 2.23. The number of benzene rings is 2. The van der Waals surface area contributed by atoms with E-state index in [1.54, 1.807) is 0 Å². The second kappa shape index (κ2) is 19.4. The van der Waals surface area contributed by atoms with Crippen LogP contribution >= 0.6 is 0 Å². The minimum Gasteiger partial charge on any atom is -0.387 e. The molecule has 0 saturated heterocycles. The summed E-state index contributed by atoms with van der Waals surface area (Å²) in [6.45, 7) is 19.4. The van der Waals surface area contributed by atoms with E-state index in [0.717, 1.165) is 5.22 Å². The number of unbranched alkanes of at least 4 members (excludes halogenated alkanes) is 5. The second-order valence-corrected chi connectivity index (χ2v) is 8.63. The molecule has 2 aromatic rings. The summed E-state index contributed by atoms with van der Waals surface area (Å²) < 4.78 is 0. The Bertz CT molecular complexity index is 859. The van der Waals surface area contributed by atoms with E-state index in [2.05, 4.69) is 76.8 Å². The first kappa shape index (κ1) is 31.0. The van der Waals surface area contributed by atoms with Gasteiger partial charge < -0.3 is 5.32 Å². The van der Waals surface area contributed by atoms with Gasteiger partial charge in [-0.3, -0.25) is 0 Å². The Morgan fingerprint density at radius 3 is 1.82 bits per heavy atom. The molecule has 186 valence electrons. The van der Waals surface area contributed by atoms with Crippen LogP contribution in [0.2, 0.25) is 0 Å². The Hall–Kier alpha value is -2.02. The van der Waals surface area contributed by atoms with Crippen molar-refractivity contribution in [2.24, 2.45) is 0 Å². The SMILES string of the molecule is C=c1cccc/c1=C(\NC)c1cc(CCCCC)c(CCC)cc1C.CC.CCCCCC. The fraction of sp³-hybridized carbons (Fsp3) is 0.562. The summed E-state index contributed by atoms with van der Waals surface area (Å²) in [5, 5.41) is 5.70. The van der Waals surface area contributed by atoms with Gasteiger partial charge in [0.2, 0.25) is 0 Å². The second-order valence-electron chi connectivity index (χ2n) is 8.63. The van der Waals surface area contributed by atoms with Gasteiger partial charge in [0.15, 0.2) is 0 Å². The van der Waals surface area contributed by atoms with Crippen LogP contribution in [0.25, 0.3) is 12.3 Å². The standard InChI is InChI=1S/C24H33N.C6H14.C2H6/c1-6-8-9-14-21-17-23(19(4)16-20(21)12-7-2)24(25-5)22-15-11-10-13-18(22)3;1-3-5-6-4-2;1-2/h10-11,13,15-17,25H,3,6-9,12,14H2,1-2,4-5H3;3-6H2,1-2H3;1-2H3/b24-22+;;. The zero-order valence-electron chi connectivity index (χ0n) is 23.2. The van der Waals surface area contributed by atoms with Crippen LogP contribution in [-0.4, -0.2) is 7.05 Å². The number of hydrogen-bond donors (Lipinski definition) is 1. The summed E-state index contributed by atoms with van der Waals surface area (Å²) in [7, 11) is 2.01. The van der Waals surface area contributed by atoms with Gasteiger partial charge in [0.1, 0.15) is 0 Å². The molecule has 2 aromatic carbocycles. The molecule has 0 bridgehead atoms. The third-order valence-corrected chi connectivity index (χ3v) is 5.88. The minimum absolute atomic E-state index is 1.07. The largest absolute Gasteiger partial charge is 0.387 e. The van der Waals surface area contributed by atoms with Gasteiger partial charge in [0.05, 0.1) is 0 Å². The van der Waals surface area contributed by atoms with Crippen molar-refractivity contribution in [3.8, 4) is 0 Å².